The minimum Gasteiger partial charge on any atom is -0.494 e. The topological polar surface area (TPSA) is 80.3 Å². The summed E-state index contributed by atoms with van der Waals surface area (Å²) in [5.41, 5.74) is 4.89. The lowest BCUT2D eigenvalue weighted by Gasteiger charge is -2.15. The van der Waals surface area contributed by atoms with Crippen LogP contribution >= 0.6 is 0 Å². The first-order valence-corrected chi connectivity index (χ1v) is 9.77. The SMILES string of the molecule is COc1cccc2c(NNS(=O)(=O)c3ccccc3)c3ccccc3nc12. The molecule has 136 valence electrons. The molecule has 0 aliphatic heterocycles. The maximum Gasteiger partial charge on any atom is 0.257 e. The standard InChI is InChI=1S/C20H17N3O3S/c1-26-18-13-7-11-16-19(15-10-5-6-12-17(15)21-20(16)18)22-23-27(24,25)14-8-3-2-4-9-14/h2-13,23H,1H3,(H,21,22). The molecule has 0 saturated carbocycles. The fraction of sp³-hybridized carbons (Fsp3) is 0.0500. The number of nitrogens with zero attached hydrogens (tertiary/aromatic N) is 1. The molecule has 27 heavy (non-hydrogen) atoms. The summed E-state index contributed by atoms with van der Waals surface area (Å²) in [5.74, 6) is 0.618. The predicted octanol–water partition coefficient (Wildman–Crippen LogP) is 3.70. The molecule has 1 heterocycles. The molecular formula is C20H17N3O3S. The summed E-state index contributed by atoms with van der Waals surface area (Å²) >= 11 is 0. The van der Waals surface area contributed by atoms with E-state index in [1.165, 1.54) is 12.1 Å². The van der Waals surface area contributed by atoms with Gasteiger partial charge in [0.15, 0.2) is 0 Å². The van der Waals surface area contributed by atoms with Crippen LogP contribution in [-0.4, -0.2) is 20.5 Å². The second-order valence-electron chi connectivity index (χ2n) is 5.90. The first-order chi connectivity index (χ1) is 13.1. The van der Waals surface area contributed by atoms with Crippen LogP contribution < -0.4 is 15.0 Å². The van der Waals surface area contributed by atoms with Gasteiger partial charge in [0.1, 0.15) is 11.3 Å². The Labute approximate surface area is 156 Å². The summed E-state index contributed by atoms with van der Waals surface area (Å²) in [7, 11) is -2.14. The quantitative estimate of drug-likeness (QED) is 0.408. The lowest BCUT2D eigenvalue weighted by Crippen LogP contribution is -2.29. The van der Waals surface area contributed by atoms with Crippen molar-refractivity contribution in [1.29, 1.82) is 0 Å². The number of pyridine rings is 1. The van der Waals surface area contributed by atoms with E-state index in [2.05, 4.69) is 15.2 Å². The Morgan fingerprint density at radius 2 is 1.56 bits per heavy atom. The number of methoxy groups -OCH3 is 1. The van der Waals surface area contributed by atoms with Gasteiger partial charge in [-0.05, 0) is 24.3 Å². The van der Waals surface area contributed by atoms with Crippen LogP contribution in [0.2, 0.25) is 0 Å². The van der Waals surface area contributed by atoms with Crippen molar-refractivity contribution < 1.29 is 13.2 Å². The van der Waals surface area contributed by atoms with E-state index in [1.807, 2.05) is 42.5 Å². The molecule has 0 radical (unpaired) electrons. The number of benzene rings is 3. The van der Waals surface area contributed by atoms with Crippen molar-refractivity contribution in [3.05, 3.63) is 72.8 Å². The van der Waals surface area contributed by atoms with Crippen molar-refractivity contribution in [2.75, 3.05) is 12.5 Å². The lowest BCUT2D eigenvalue weighted by atomic mass is 10.1. The Morgan fingerprint density at radius 1 is 0.852 bits per heavy atom. The third-order valence-electron chi connectivity index (χ3n) is 4.26. The normalized spacial score (nSPS) is 11.6. The lowest BCUT2D eigenvalue weighted by molar-refractivity contribution is 0.419. The Balaban J connectivity index is 1.84. The van der Waals surface area contributed by atoms with E-state index in [1.54, 1.807) is 25.3 Å². The molecule has 0 unspecified atom stereocenters. The number of para-hydroxylation sites is 2. The minimum absolute atomic E-state index is 0.178. The van der Waals surface area contributed by atoms with Crippen molar-refractivity contribution in [3.8, 4) is 5.75 Å². The number of hydrazine groups is 1. The molecule has 3 aromatic carbocycles. The average Bonchev–Trinajstić information content (AvgIpc) is 2.71. The first-order valence-electron chi connectivity index (χ1n) is 8.28. The number of ether oxygens (including phenoxy) is 1. The van der Waals surface area contributed by atoms with Crippen molar-refractivity contribution >= 4 is 37.5 Å². The highest BCUT2D eigenvalue weighted by atomic mass is 32.2. The Hall–Kier alpha value is -3.16. The number of aromatic nitrogens is 1. The van der Waals surface area contributed by atoms with Crippen LogP contribution in [0.3, 0.4) is 0 Å². The van der Waals surface area contributed by atoms with E-state index in [9.17, 15) is 8.42 Å². The zero-order chi connectivity index (χ0) is 18.9. The van der Waals surface area contributed by atoms with Crippen molar-refractivity contribution in [2.45, 2.75) is 4.90 Å². The van der Waals surface area contributed by atoms with E-state index in [4.69, 9.17) is 4.74 Å². The summed E-state index contributed by atoms with van der Waals surface area (Å²) in [6.45, 7) is 0. The molecule has 0 aliphatic carbocycles. The van der Waals surface area contributed by atoms with Gasteiger partial charge < -0.3 is 10.2 Å². The van der Waals surface area contributed by atoms with Crippen LogP contribution in [0.5, 0.6) is 5.75 Å². The zero-order valence-corrected chi connectivity index (χ0v) is 15.3. The van der Waals surface area contributed by atoms with Gasteiger partial charge in [-0.15, -0.1) is 4.83 Å². The summed E-state index contributed by atoms with van der Waals surface area (Å²) in [6, 6.07) is 21.3. The monoisotopic (exact) mass is 379 g/mol. The van der Waals surface area contributed by atoms with Crippen molar-refractivity contribution in [1.82, 2.24) is 9.82 Å². The van der Waals surface area contributed by atoms with E-state index >= 15 is 0 Å². The molecule has 1 aromatic heterocycles. The van der Waals surface area contributed by atoms with Gasteiger partial charge in [0.25, 0.3) is 10.0 Å². The highest BCUT2D eigenvalue weighted by Gasteiger charge is 2.16. The Kier molecular flexibility index (Phi) is 4.39. The van der Waals surface area contributed by atoms with E-state index in [0.717, 1.165) is 16.3 Å². The van der Waals surface area contributed by atoms with Gasteiger partial charge in [-0.2, -0.15) is 0 Å². The van der Waals surface area contributed by atoms with Crippen LogP contribution in [0.4, 0.5) is 5.69 Å². The van der Waals surface area contributed by atoms with E-state index in [0.29, 0.717) is 17.0 Å². The van der Waals surface area contributed by atoms with Crippen LogP contribution in [0, 0.1) is 0 Å². The molecule has 0 fully saturated rings. The first kappa shape index (κ1) is 17.3. The number of anilines is 1. The summed E-state index contributed by atoms with van der Waals surface area (Å²) in [6.07, 6.45) is 0. The maximum absolute atomic E-state index is 12.6. The van der Waals surface area contributed by atoms with Crippen LogP contribution in [0.25, 0.3) is 21.8 Å². The molecule has 0 atom stereocenters. The smallest absolute Gasteiger partial charge is 0.257 e. The van der Waals surface area contributed by atoms with Crippen LogP contribution in [0.15, 0.2) is 77.7 Å². The molecule has 0 aliphatic rings. The van der Waals surface area contributed by atoms with Gasteiger partial charge in [-0.3, -0.25) is 0 Å². The molecule has 0 bridgehead atoms. The summed E-state index contributed by atoms with van der Waals surface area (Å²) < 4.78 is 30.6. The highest BCUT2D eigenvalue weighted by molar-refractivity contribution is 7.89. The number of rotatable bonds is 5. The van der Waals surface area contributed by atoms with Gasteiger partial charge in [-0.25, -0.2) is 13.4 Å². The molecular weight excluding hydrogens is 362 g/mol. The Bertz CT molecular complexity index is 1230. The molecule has 7 heteroatoms. The van der Waals surface area contributed by atoms with E-state index < -0.39 is 10.0 Å². The van der Waals surface area contributed by atoms with Gasteiger partial charge in [0.05, 0.1) is 23.2 Å². The largest absolute Gasteiger partial charge is 0.494 e. The molecule has 4 rings (SSSR count). The molecule has 0 saturated heterocycles. The number of hydrogen-bond acceptors (Lipinski definition) is 5. The Morgan fingerprint density at radius 3 is 2.33 bits per heavy atom. The molecule has 4 aromatic rings. The van der Waals surface area contributed by atoms with E-state index in [-0.39, 0.29) is 4.90 Å². The van der Waals surface area contributed by atoms with Crippen molar-refractivity contribution in [3.63, 3.8) is 0 Å². The fourth-order valence-corrected chi connectivity index (χ4v) is 3.83. The molecule has 2 N–H and O–H groups in total. The van der Waals surface area contributed by atoms with Crippen LogP contribution in [0.1, 0.15) is 0 Å². The highest BCUT2D eigenvalue weighted by Crippen LogP contribution is 2.34. The van der Waals surface area contributed by atoms with Gasteiger partial charge in [0, 0.05) is 10.8 Å². The maximum atomic E-state index is 12.6. The number of hydrogen-bond donors (Lipinski definition) is 2. The van der Waals surface area contributed by atoms with Crippen LogP contribution in [-0.2, 0) is 10.0 Å². The second-order valence-corrected chi connectivity index (χ2v) is 7.59. The molecule has 0 spiro atoms. The fourth-order valence-electron chi connectivity index (χ4n) is 2.96. The molecule has 6 nitrogen and oxygen atoms in total. The van der Waals surface area contributed by atoms with Gasteiger partial charge >= 0.3 is 0 Å². The third kappa shape index (κ3) is 3.18. The van der Waals surface area contributed by atoms with Gasteiger partial charge in [0.2, 0.25) is 0 Å². The second kappa shape index (κ2) is 6.86. The summed E-state index contributed by atoms with van der Waals surface area (Å²) in [4.78, 5) is 7.31. The van der Waals surface area contributed by atoms with Crippen molar-refractivity contribution in [2.24, 2.45) is 0 Å². The molecule has 0 amide bonds. The average molecular weight is 379 g/mol. The predicted molar refractivity (Wildman–Crippen MR) is 106 cm³/mol. The third-order valence-corrected chi connectivity index (χ3v) is 5.52. The zero-order valence-electron chi connectivity index (χ0n) is 14.5. The van der Waals surface area contributed by atoms with Gasteiger partial charge in [-0.1, -0.05) is 48.5 Å². The minimum atomic E-state index is -3.72. The number of sulfonamides is 1. The number of fused-ring (bicyclic) bond motifs is 2. The number of nitrogens with one attached hydrogen (secondary N) is 2. The summed E-state index contributed by atoms with van der Waals surface area (Å²) in [5, 5.41) is 1.55.